The molecule has 0 fully saturated rings. The van der Waals surface area contributed by atoms with Crippen molar-refractivity contribution in [1.29, 1.82) is 5.26 Å². The fourth-order valence-electron chi connectivity index (χ4n) is 1.62. The lowest BCUT2D eigenvalue weighted by Gasteiger charge is -2.17. The molecule has 0 saturated heterocycles. The van der Waals surface area contributed by atoms with Gasteiger partial charge in [0.15, 0.2) is 5.69 Å². The first kappa shape index (κ1) is 12.1. The Morgan fingerprint density at radius 1 is 1.17 bits per heavy atom. The molecule has 0 radical (unpaired) electrons. The number of nitriles is 1. The molecule has 0 atom stereocenters. The number of aryl methyl sites for hydroxylation is 1. The van der Waals surface area contributed by atoms with Crippen molar-refractivity contribution in [2.75, 3.05) is 11.9 Å². The maximum atomic E-state index is 8.66. The van der Waals surface area contributed by atoms with Gasteiger partial charge in [0.1, 0.15) is 11.9 Å². The molecule has 1 aromatic carbocycles. The van der Waals surface area contributed by atoms with Crippen LogP contribution < -0.4 is 4.90 Å². The molecule has 0 N–H and O–H groups in total. The van der Waals surface area contributed by atoms with Crippen molar-refractivity contribution in [3.8, 4) is 6.07 Å². The third-order valence-corrected chi connectivity index (χ3v) is 2.68. The molecule has 4 heteroatoms. The van der Waals surface area contributed by atoms with Crippen molar-refractivity contribution < 1.29 is 0 Å². The molecule has 2 aromatic rings. The van der Waals surface area contributed by atoms with Crippen LogP contribution in [0.5, 0.6) is 0 Å². The zero-order chi connectivity index (χ0) is 13.0. The summed E-state index contributed by atoms with van der Waals surface area (Å²) in [5.41, 5.74) is 2.80. The van der Waals surface area contributed by atoms with E-state index in [9.17, 15) is 0 Å². The Bertz CT molecular complexity index is 552. The van der Waals surface area contributed by atoms with Crippen LogP contribution in [-0.2, 0) is 6.54 Å². The van der Waals surface area contributed by atoms with Crippen LogP contribution in [-0.4, -0.2) is 17.0 Å². The van der Waals surface area contributed by atoms with Gasteiger partial charge in [0, 0.05) is 13.6 Å². The lowest BCUT2D eigenvalue weighted by molar-refractivity contribution is 0.888. The lowest BCUT2D eigenvalue weighted by Crippen LogP contribution is -2.17. The van der Waals surface area contributed by atoms with Gasteiger partial charge in [-0.1, -0.05) is 29.8 Å². The second kappa shape index (κ2) is 5.28. The van der Waals surface area contributed by atoms with Crippen molar-refractivity contribution >= 4 is 5.82 Å². The van der Waals surface area contributed by atoms with Gasteiger partial charge in [-0.3, -0.25) is 0 Å². The molecule has 0 unspecified atom stereocenters. The summed E-state index contributed by atoms with van der Waals surface area (Å²) in [6.07, 6.45) is 3.10. The lowest BCUT2D eigenvalue weighted by atomic mass is 10.1. The summed E-state index contributed by atoms with van der Waals surface area (Å²) < 4.78 is 0. The largest absolute Gasteiger partial charge is 0.354 e. The first-order chi connectivity index (χ1) is 8.69. The highest BCUT2D eigenvalue weighted by molar-refractivity contribution is 5.37. The maximum Gasteiger partial charge on any atom is 0.158 e. The topological polar surface area (TPSA) is 52.8 Å². The zero-order valence-corrected chi connectivity index (χ0v) is 10.5. The smallest absolute Gasteiger partial charge is 0.158 e. The summed E-state index contributed by atoms with van der Waals surface area (Å²) in [5.74, 6) is 0.759. The van der Waals surface area contributed by atoms with Gasteiger partial charge in [0.05, 0.1) is 12.4 Å². The molecule has 90 valence electrons. The normalized spacial score (nSPS) is 9.83. The Balaban J connectivity index is 2.09. The van der Waals surface area contributed by atoms with Crippen LogP contribution in [0.15, 0.2) is 36.7 Å². The molecule has 0 amide bonds. The first-order valence-corrected chi connectivity index (χ1v) is 5.68. The van der Waals surface area contributed by atoms with Gasteiger partial charge in [-0.25, -0.2) is 9.97 Å². The Hall–Kier alpha value is -2.41. The third kappa shape index (κ3) is 2.83. The van der Waals surface area contributed by atoms with E-state index >= 15 is 0 Å². The molecule has 0 aliphatic rings. The molecule has 2 rings (SSSR count). The fourth-order valence-corrected chi connectivity index (χ4v) is 1.62. The number of nitrogens with zero attached hydrogens (tertiary/aromatic N) is 4. The van der Waals surface area contributed by atoms with Crippen LogP contribution in [0.3, 0.4) is 0 Å². The second-order valence-corrected chi connectivity index (χ2v) is 4.21. The number of anilines is 1. The van der Waals surface area contributed by atoms with Gasteiger partial charge < -0.3 is 4.90 Å². The van der Waals surface area contributed by atoms with Crippen LogP contribution in [0, 0.1) is 18.3 Å². The van der Waals surface area contributed by atoms with Crippen molar-refractivity contribution in [1.82, 2.24) is 9.97 Å². The number of rotatable bonds is 3. The molecule has 0 aliphatic heterocycles. The summed E-state index contributed by atoms with van der Waals surface area (Å²) in [6.45, 7) is 2.83. The molecule has 4 nitrogen and oxygen atoms in total. The minimum atomic E-state index is 0.336. The highest BCUT2D eigenvalue weighted by Crippen LogP contribution is 2.12. The van der Waals surface area contributed by atoms with Crippen molar-refractivity contribution in [2.24, 2.45) is 0 Å². The molecular weight excluding hydrogens is 224 g/mol. The quantitative estimate of drug-likeness (QED) is 0.823. The molecule has 1 heterocycles. The van der Waals surface area contributed by atoms with Gasteiger partial charge in [-0.2, -0.15) is 5.26 Å². The van der Waals surface area contributed by atoms with E-state index in [1.54, 1.807) is 6.20 Å². The van der Waals surface area contributed by atoms with E-state index in [1.165, 1.54) is 17.3 Å². The molecular formula is C14H14N4. The zero-order valence-electron chi connectivity index (χ0n) is 10.5. The predicted molar refractivity (Wildman–Crippen MR) is 70.0 cm³/mol. The van der Waals surface area contributed by atoms with Gasteiger partial charge in [0.2, 0.25) is 0 Å². The van der Waals surface area contributed by atoms with Gasteiger partial charge in [-0.05, 0) is 12.5 Å². The van der Waals surface area contributed by atoms with E-state index in [0.717, 1.165) is 12.4 Å². The van der Waals surface area contributed by atoms with Crippen molar-refractivity contribution in [2.45, 2.75) is 13.5 Å². The molecule has 0 aliphatic carbocycles. The van der Waals surface area contributed by atoms with Crippen LogP contribution >= 0.6 is 0 Å². The number of benzene rings is 1. The van der Waals surface area contributed by atoms with Gasteiger partial charge in [-0.15, -0.1) is 0 Å². The average Bonchev–Trinajstić information content (AvgIpc) is 2.41. The second-order valence-electron chi connectivity index (χ2n) is 4.21. The number of aromatic nitrogens is 2. The summed E-state index contributed by atoms with van der Waals surface area (Å²) in [6, 6.07) is 10.3. The summed E-state index contributed by atoms with van der Waals surface area (Å²) >= 11 is 0. The van der Waals surface area contributed by atoms with Crippen molar-refractivity contribution in [3.63, 3.8) is 0 Å². The molecule has 0 saturated carbocycles. The Morgan fingerprint density at radius 3 is 2.44 bits per heavy atom. The van der Waals surface area contributed by atoms with Crippen LogP contribution in [0.2, 0.25) is 0 Å². The minimum absolute atomic E-state index is 0.336. The van der Waals surface area contributed by atoms with Crippen molar-refractivity contribution in [3.05, 3.63) is 53.5 Å². The standard InChI is InChI=1S/C14H14N4/c1-11-3-5-12(6-4-11)10-18(2)14-9-16-13(7-15)8-17-14/h3-6,8-9H,10H2,1-2H3. The van der Waals surface area contributed by atoms with E-state index in [-0.39, 0.29) is 0 Å². The highest BCUT2D eigenvalue weighted by atomic mass is 15.2. The summed E-state index contributed by atoms with van der Waals surface area (Å²) in [5, 5.41) is 8.66. The molecule has 0 bridgehead atoms. The third-order valence-electron chi connectivity index (χ3n) is 2.68. The maximum absolute atomic E-state index is 8.66. The molecule has 18 heavy (non-hydrogen) atoms. The predicted octanol–water partition coefficient (Wildman–Crippen LogP) is 2.29. The molecule has 0 spiro atoms. The Kier molecular flexibility index (Phi) is 3.54. The van der Waals surface area contributed by atoms with Crippen LogP contribution in [0.4, 0.5) is 5.82 Å². The van der Waals surface area contributed by atoms with Crippen LogP contribution in [0.1, 0.15) is 16.8 Å². The first-order valence-electron chi connectivity index (χ1n) is 5.68. The Labute approximate surface area is 107 Å². The Morgan fingerprint density at radius 2 is 1.89 bits per heavy atom. The molecule has 1 aromatic heterocycles. The van der Waals surface area contributed by atoms with Gasteiger partial charge in [0.25, 0.3) is 0 Å². The number of hydrogen-bond donors (Lipinski definition) is 0. The summed E-state index contributed by atoms with van der Waals surface area (Å²) in [7, 11) is 1.95. The average molecular weight is 238 g/mol. The van der Waals surface area contributed by atoms with E-state index in [4.69, 9.17) is 5.26 Å². The van der Waals surface area contributed by atoms with Crippen LogP contribution in [0.25, 0.3) is 0 Å². The fraction of sp³-hybridized carbons (Fsp3) is 0.214. The SMILES string of the molecule is Cc1ccc(CN(C)c2cnc(C#N)cn2)cc1. The van der Waals surface area contributed by atoms with E-state index < -0.39 is 0 Å². The number of hydrogen-bond acceptors (Lipinski definition) is 4. The minimum Gasteiger partial charge on any atom is -0.354 e. The van der Waals surface area contributed by atoms with E-state index in [0.29, 0.717) is 5.69 Å². The van der Waals surface area contributed by atoms with E-state index in [1.807, 2.05) is 18.0 Å². The van der Waals surface area contributed by atoms with Gasteiger partial charge >= 0.3 is 0 Å². The summed E-state index contributed by atoms with van der Waals surface area (Å²) in [4.78, 5) is 10.2. The highest BCUT2D eigenvalue weighted by Gasteiger charge is 2.04. The van der Waals surface area contributed by atoms with E-state index in [2.05, 4.69) is 41.2 Å². The monoisotopic (exact) mass is 238 g/mol.